The Kier molecular flexibility index (Phi) is 11.9. The third kappa shape index (κ3) is 8.75. The Morgan fingerprint density at radius 3 is 1.33 bits per heavy atom. The molecule has 0 heterocycles. The van der Waals surface area contributed by atoms with Crippen LogP contribution in [0.15, 0.2) is 128 Å². The monoisotopic (exact) mass is 688 g/mol. The second-order valence-electron chi connectivity index (χ2n) is 9.91. The first kappa shape index (κ1) is 35.1. The third-order valence-electron chi connectivity index (χ3n) is 6.57. The minimum absolute atomic E-state index is 0.213. The van der Waals surface area contributed by atoms with Gasteiger partial charge in [0.1, 0.15) is 34.4 Å². The number of rotatable bonds is 11. The number of para-hydroxylation sites is 4. The molecular formula is C34H30Cl2N6O6. The summed E-state index contributed by atoms with van der Waals surface area (Å²) in [7, 11) is 2.94. The number of hydrogen-bond donors (Lipinski definition) is 4. The van der Waals surface area contributed by atoms with Crippen molar-refractivity contribution < 1.29 is 29.3 Å². The van der Waals surface area contributed by atoms with E-state index in [1.54, 1.807) is 84.9 Å². The Balaban J connectivity index is 1.49. The van der Waals surface area contributed by atoms with E-state index >= 15 is 0 Å². The average Bonchev–Trinajstić information content (AvgIpc) is 3.06. The molecule has 0 aliphatic heterocycles. The summed E-state index contributed by atoms with van der Waals surface area (Å²) in [5.74, 6) is -1.23. The number of allylic oxidation sites excluding steroid dienone is 2. The Labute approximate surface area is 286 Å². The van der Waals surface area contributed by atoms with E-state index in [1.807, 2.05) is 0 Å². The molecular weight excluding hydrogens is 659 g/mol. The van der Waals surface area contributed by atoms with Gasteiger partial charge in [0.15, 0.2) is 11.4 Å². The third-order valence-corrected chi connectivity index (χ3v) is 7.18. The topological polar surface area (TPSA) is 167 Å². The summed E-state index contributed by atoms with van der Waals surface area (Å²) in [5, 5.41) is 42.0. The molecule has 48 heavy (non-hydrogen) atoms. The Morgan fingerprint density at radius 2 is 1.00 bits per heavy atom. The normalized spacial score (nSPS) is 12.4. The molecule has 4 aromatic carbocycles. The van der Waals surface area contributed by atoms with Crippen molar-refractivity contribution >= 4 is 57.8 Å². The summed E-state index contributed by atoms with van der Waals surface area (Å²) >= 11 is 13.0. The molecule has 246 valence electrons. The molecule has 0 atom stereocenters. The van der Waals surface area contributed by atoms with Crippen LogP contribution in [-0.4, -0.2) is 36.2 Å². The van der Waals surface area contributed by atoms with Gasteiger partial charge in [0, 0.05) is 0 Å². The number of hydrogen-bond acceptors (Lipinski definition) is 10. The van der Waals surface area contributed by atoms with Crippen LogP contribution in [0.5, 0.6) is 11.5 Å². The predicted octanol–water partition coefficient (Wildman–Crippen LogP) is 9.70. The molecule has 0 saturated carbocycles. The average molecular weight is 690 g/mol. The van der Waals surface area contributed by atoms with Crippen LogP contribution in [0.2, 0.25) is 10.0 Å². The highest BCUT2D eigenvalue weighted by atomic mass is 35.5. The van der Waals surface area contributed by atoms with Gasteiger partial charge in [0.2, 0.25) is 0 Å². The van der Waals surface area contributed by atoms with Crippen molar-refractivity contribution in [2.24, 2.45) is 20.5 Å². The highest BCUT2D eigenvalue weighted by Crippen LogP contribution is 2.35. The number of nitrogens with zero attached hydrogens (tertiary/aromatic N) is 4. The summed E-state index contributed by atoms with van der Waals surface area (Å²) in [6, 6.07) is 23.5. The van der Waals surface area contributed by atoms with Crippen molar-refractivity contribution in [1.29, 1.82) is 0 Å². The number of ether oxygens (including phenoxy) is 2. The van der Waals surface area contributed by atoms with Gasteiger partial charge in [-0.25, -0.2) is 0 Å². The minimum Gasteiger partial charge on any atom is -0.510 e. The van der Waals surface area contributed by atoms with Crippen molar-refractivity contribution in [1.82, 2.24) is 0 Å². The zero-order valence-corrected chi connectivity index (χ0v) is 27.7. The first-order valence-corrected chi connectivity index (χ1v) is 14.9. The number of methoxy groups -OCH3 is 2. The van der Waals surface area contributed by atoms with Crippen LogP contribution < -0.4 is 20.1 Å². The first-order valence-electron chi connectivity index (χ1n) is 14.1. The summed E-state index contributed by atoms with van der Waals surface area (Å²) in [6.45, 7) is 2.62. The van der Waals surface area contributed by atoms with Crippen LogP contribution in [0.1, 0.15) is 13.8 Å². The number of carbonyl (C=O) groups excluding carboxylic acids is 2. The maximum Gasteiger partial charge on any atom is 0.279 e. The van der Waals surface area contributed by atoms with Crippen LogP contribution in [0.25, 0.3) is 11.1 Å². The van der Waals surface area contributed by atoms with Crippen molar-refractivity contribution in [2.75, 3.05) is 24.9 Å². The van der Waals surface area contributed by atoms with Crippen molar-refractivity contribution in [2.45, 2.75) is 13.8 Å². The molecule has 0 aliphatic rings. The SMILES string of the molecule is COc1ccccc1NC(=O)C(/N=N/c1ccc(-c2ccc(/N=N/C(C(=O)Nc3ccccc3OC)=C(/C)O)c(Cl)c2)cc1Cl)=C(\C)O. The van der Waals surface area contributed by atoms with Gasteiger partial charge in [-0.2, -0.15) is 0 Å². The number of benzene rings is 4. The quantitative estimate of drug-likeness (QED) is 0.0695. The van der Waals surface area contributed by atoms with Gasteiger partial charge in [-0.1, -0.05) is 59.6 Å². The van der Waals surface area contributed by atoms with E-state index < -0.39 is 11.8 Å². The molecule has 4 rings (SSSR count). The highest BCUT2D eigenvalue weighted by Gasteiger charge is 2.17. The van der Waals surface area contributed by atoms with Crippen LogP contribution >= 0.6 is 23.2 Å². The Hall–Kier alpha value is -5.72. The van der Waals surface area contributed by atoms with E-state index in [0.29, 0.717) is 34.0 Å². The standard InChI is InChI=1S/C34H30Cl2N6O6/c1-19(43)31(33(45)37-27-9-5-7-11-29(27)47-3)41-39-25-15-13-21(17-23(25)35)22-14-16-26(24(36)18-22)40-42-32(20(2)44)34(46)38-28-10-6-8-12-30(28)48-4/h5-18,43-44H,1-4H3,(H,37,45)(H,38,46)/b31-19-,32-20-,41-39+,42-40+. The van der Waals surface area contributed by atoms with Crippen molar-refractivity contribution in [3.8, 4) is 22.6 Å². The maximum atomic E-state index is 12.8. The molecule has 2 amide bonds. The number of amides is 2. The van der Waals surface area contributed by atoms with Gasteiger partial charge < -0.3 is 30.3 Å². The van der Waals surface area contributed by atoms with Gasteiger partial charge in [-0.15, -0.1) is 20.5 Å². The fourth-order valence-electron chi connectivity index (χ4n) is 4.17. The Morgan fingerprint density at radius 1 is 0.625 bits per heavy atom. The Bertz CT molecular complexity index is 1830. The zero-order valence-electron chi connectivity index (χ0n) is 26.2. The number of halogens is 2. The van der Waals surface area contributed by atoms with Gasteiger partial charge in [-0.3, -0.25) is 9.59 Å². The predicted molar refractivity (Wildman–Crippen MR) is 185 cm³/mol. The van der Waals surface area contributed by atoms with E-state index in [2.05, 4.69) is 31.1 Å². The molecule has 0 aliphatic carbocycles. The lowest BCUT2D eigenvalue weighted by Gasteiger charge is -2.10. The molecule has 4 N–H and O–H groups in total. The number of aliphatic hydroxyl groups is 2. The minimum atomic E-state index is -0.698. The summed E-state index contributed by atoms with van der Waals surface area (Å²) in [6.07, 6.45) is 0. The van der Waals surface area contributed by atoms with Gasteiger partial charge >= 0.3 is 0 Å². The van der Waals surface area contributed by atoms with Gasteiger partial charge in [0.25, 0.3) is 11.8 Å². The fraction of sp³-hybridized carbons (Fsp3) is 0.118. The summed E-state index contributed by atoms with van der Waals surface area (Å²) in [4.78, 5) is 25.7. The van der Waals surface area contributed by atoms with E-state index in [1.165, 1.54) is 28.1 Å². The number of nitrogens with one attached hydrogen (secondary N) is 2. The smallest absolute Gasteiger partial charge is 0.279 e. The second kappa shape index (κ2) is 16.2. The molecule has 4 aromatic rings. The van der Waals surface area contributed by atoms with E-state index in [9.17, 15) is 19.8 Å². The van der Waals surface area contributed by atoms with Crippen LogP contribution in [-0.2, 0) is 9.59 Å². The fourth-order valence-corrected chi connectivity index (χ4v) is 4.60. The van der Waals surface area contributed by atoms with Gasteiger partial charge in [-0.05, 0) is 73.5 Å². The van der Waals surface area contributed by atoms with Crippen LogP contribution in [0.4, 0.5) is 22.7 Å². The van der Waals surface area contributed by atoms with Gasteiger partial charge in [0.05, 0.1) is 35.6 Å². The summed E-state index contributed by atoms with van der Waals surface area (Å²) in [5.41, 5.74) is 1.99. The molecule has 14 heteroatoms. The number of aliphatic hydroxyl groups excluding tert-OH is 2. The van der Waals surface area contributed by atoms with Crippen LogP contribution in [0.3, 0.4) is 0 Å². The number of carbonyl (C=O) groups is 2. The zero-order chi connectivity index (χ0) is 34.8. The lowest BCUT2D eigenvalue weighted by Crippen LogP contribution is -2.15. The maximum absolute atomic E-state index is 12.8. The van der Waals surface area contributed by atoms with Crippen LogP contribution in [0, 0.1) is 0 Å². The number of azo groups is 2. The molecule has 0 saturated heterocycles. The van der Waals surface area contributed by atoms with E-state index in [0.717, 1.165) is 0 Å². The molecule has 0 bridgehead atoms. The molecule has 0 unspecified atom stereocenters. The molecule has 0 fully saturated rings. The molecule has 0 aromatic heterocycles. The molecule has 0 spiro atoms. The second-order valence-corrected chi connectivity index (χ2v) is 10.7. The number of anilines is 2. The largest absolute Gasteiger partial charge is 0.510 e. The first-order chi connectivity index (χ1) is 23.0. The lowest BCUT2D eigenvalue weighted by molar-refractivity contribution is -0.113. The van der Waals surface area contributed by atoms with E-state index in [4.69, 9.17) is 32.7 Å². The lowest BCUT2D eigenvalue weighted by atomic mass is 10.1. The highest BCUT2D eigenvalue weighted by molar-refractivity contribution is 6.34. The summed E-state index contributed by atoms with van der Waals surface area (Å²) < 4.78 is 10.5. The molecule has 12 nitrogen and oxygen atoms in total. The molecule has 0 radical (unpaired) electrons. The van der Waals surface area contributed by atoms with Crippen molar-refractivity contribution in [3.05, 3.63) is 118 Å². The van der Waals surface area contributed by atoms with E-state index in [-0.39, 0.29) is 44.3 Å². The van der Waals surface area contributed by atoms with Crippen molar-refractivity contribution in [3.63, 3.8) is 0 Å².